The van der Waals surface area contributed by atoms with Crippen LogP contribution in [0.4, 0.5) is 5.13 Å². The molecule has 3 aromatic rings. The highest BCUT2D eigenvalue weighted by molar-refractivity contribution is 9.10. The second kappa shape index (κ2) is 4.51. The molecule has 0 unspecified atom stereocenters. The highest BCUT2D eigenvalue weighted by atomic mass is 79.9. The molecule has 1 aromatic carbocycles. The summed E-state index contributed by atoms with van der Waals surface area (Å²) in [5.41, 5.74) is 7.05. The van der Waals surface area contributed by atoms with E-state index in [-0.39, 0.29) is 0 Å². The molecule has 0 spiro atoms. The zero-order valence-electron chi connectivity index (χ0n) is 9.00. The molecular formula is C11H7BrN4OS. The molecule has 2 aromatic heterocycles. The van der Waals surface area contributed by atoms with Crippen molar-refractivity contribution in [1.29, 1.82) is 0 Å². The number of halogens is 1. The number of hydrogen-bond donors (Lipinski definition) is 1. The molecule has 0 saturated carbocycles. The lowest BCUT2D eigenvalue weighted by atomic mass is 10.2. The minimum Gasteiger partial charge on any atom is -0.375 e. The third-order valence-corrected chi connectivity index (χ3v) is 3.47. The van der Waals surface area contributed by atoms with Crippen LogP contribution in [0.15, 0.2) is 38.6 Å². The fraction of sp³-hybridized carbons (Fsp3) is 0. The Morgan fingerprint density at radius 3 is 2.61 bits per heavy atom. The van der Waals surface area contributed by atoms with Crippen LogP contribution in [0, 0.1) is 0 Å². The lowest BCUT2D eigenvalue weighted by Crippen LogP contribution is -1.83. The zero-order chi connectivity index (χ0) is 12.5. The van der Waals surface area contributed by atoms with Crippen molar-refractivity contribution in [1.82, 2.24) is 15.1 Å². The van der Waals surface area contributed by atoms with Crippen molar-refractivity contribution in [2.24, 2.45) is 0 Å². The Kier molecular flexibility index (Phi) is 2.85. The molecule has 0 bridgehead atoms. The number of hydrogen-bond acceptors (Lipinski definition) is 6. The first kappa shape index (κ1) is 11.4. The van der Waals surface area contributed by atoms with E-state index in [1.807, 2.05) is 24.3 Å². The average molecular weight is 323 g/mol. The summed E-state index contributed by atoms with van der Waals surface area (Å²) >= 11 is 4.71. The first-order chi connectivity index (χ1) is 8.72. The summed E-state index contributed by atoms with van der Waals surface area (Å²) in [6.45, 7) is 0. The molecule has 0 amide bonds. The van der Waals surface area contributed by atoms with Crippen LogP contribution in [0.2, 0.25) is 0 Å². The summed E-state index contributed by atoms with van der Waals surface area (Å²) in [6.07, 6.45) is 0. The number of rotatable bonds is 2. The second-order valence-electron chi connectivity index (χ2n) is 3.50. The van der Waals surface area contributed by atoms with E-state index in [0.717, 1.165) is 10.0 Å². The van der Waals surface area contributed by atoms with Gasteiger partial charge in [0.05, 0.1) is 0 Å². The van der Waals surface area contributed by atoms with Crippen molar-refractivity contribution >= 4 is 32.4 Å². The topological polar surface area (TPSA) is 77.8 Å². The number of anilines is 1. The van der Waals surface area contributed by atoms with Gasteiger partial charge in [0, 0.05) is 15.4 Å². The van der Waals surface area contributed by atoms with Crippen LogP contribution < -0.4 is 5.73 Å². The first-order valence-electron chi connectivity index (χ1n) is 5.03. The fourth-order valence-electron chi connectivity index (χ4n) is 1.43. The van der Waals surface area contributed by atoms with Crippen LogP contribution in [0.1, 0.15) is 0 Å². The van der Waals surface area contributed by atoms with E-state index in [9.17, 15) is 0 Å². The van der Waals surface area contributed by atoms with Crippen LogP contribution in [-0.2, 0) is 0 Å². The van der Waals surface area contributed by atoms with E-state index in [1.54, 1.807) is 5.38 Å². The van der Waals surface area contributed by atoms with Crippen LogP contribution in [0.25, 0.3) is 23.0 Å². The summed E-state index contributed by atoms with van der Waals surface area (Å²) in [5, 5.41) is 6.19. The molecule has 0 aliphatic heterocycles. The number of nitrogen functional groups attached to an aromatic ring is 1. The summed E-state index contributed by atoms with van der Waals surface area (Å²) < 4.78 is 6.17. The molecule has 0 atom stereocenters. The van der Waals surface area contributed by atoms with E-state index in [2.05, 4.69) is 31.1 Å². The maximum Gasteiger partial charge on any atom is 0.277 e. The number of aromatic nitrogens is 3. The van der Waals surface area contributed by atoms with Crippen LogP contribution in [0.5, 0.6) is 0 Å². The molecule has 0 aliphatic rings. The summed E-state index contributed by atoms with van der Waals surface area (Å²) in [6, 6.07) is 7.67. The number of nitrogens with two attached hydrogens (primary N) is 1. The monoisotopic (exact) mass is 322 g/mol. The van der Waals surface area contributed by atoms with Gasteiger partial charge in [-0.2, -0.15) is 4.98 Å². The van der Waals surface area contributed by atoms with Crippen molar-refractivity contribution in [2.45, 2.75) is 0 Å². The molecule has 18 heavy (non-hydrogen) atoms. The Bertz CT molecular complexity index is 676. The van der Waals surface area contributed by atoms with E-state index in [4.69, 9.17) is 10.3 Å². The Labute approximate surface area is 115 Å². The van der Waals surface area contributed by atoms with E-state index in [1.165, 1.54) is 11.3 Å². The third kappa shape index (κ3) is 2.14. The van der Waals surface area contributed by atoms with Gasteiger partial charge in [-0.3, -0.25) is 0 Å². The molecule has 3 rings (SSSR count). The van der Waals surface area contributed by atoms with Gasteiger partial charge in [-0.25, -0.2) is 4.98 Å². The third-order valence-electron chi connectivity index (χ3n) is 2.27. The number of nitrogens with zero attached hydrogens (tertiary/aromatic N) is 3. The largest absolute Gasteiger partial charge is 0.375 e. The van der Waals surface area contributed by atoms with Gasteiger partial charge in [-0.05, 0) is 24.3 Å². The van der Waals surface area contributed by atoms with Gasteiger partial charge in [-0.1, -0.05) is 21.1 Å². The standard InChI is InChI=1S/C11H7BrN4OS/c12-7-3-1-6(2-4-7)9-15-10(17-16-9)8-5-18-11(13)14-8/h1-5H,(H2,13,14). The van der Waals surface area contributed by atoms with Gasteiger partial charge in [0.2, 0.25) is 5.82 Å². The maximum absolute atomic E-state index is 5.56. The van der Waals surface area contributed by atoms with Crippen molar-refractivity contribution in [2.75, 3.05) is 5.73 Å². The highest BCUT2D eigenvalue weighted by Crippen LogP contribution is 2.25. The van der Waals surface area contributed by atoms with Crippen molar-refractivity contribution in [3.05, 3.63) is 34.1 Å². The normalized spacial score (nSPS) is 10.7. The van der Waals surface area contributed by atoms with Gasteiger partial charge in [0.25, 0.3) is 5.89 Å². The average Bonchev–Trinajstić information content (AvgIpc) is 2.98. The molecule has 5 nitrogen and oxygen atoms in total. The van der Waals surface area contributed by atoms with Gasteiger partial charge in [0.15, 0.2) is 5.13 Å². The van der Waals surface area contributed by atoms with E-state index < -0.39 is 0 Å². The number of thiazole rings is 1. The fourth-order valence-corrected chi connectivity index (χ4v) is 2.23. The minimum absolute atomic E-state index is 0.376. The maximum atomic E-state index is 5.56. The Morgan fingerprint density at radius 2 is 1.94 bits per heavy atom. The molecular weight excluding hydrogens is 316 g/mol. The summed E-state index contributed by atoms with van der Waals surface area (Å²) in [5.74, 6) is 0.907. The lowest BCUT2D eigenvalue weighted by molar-refractivity contribution is 0.431. The molecule has 0 saturated heterocycles. The SMILES string of the molecule is Nc1nc(-c2nc(-c3ccc(Br)cc3)no2)cs1. The molecule has 2 N–H and O–H groups in total. The quantitative estimate of drug-likeness (QED) is 0.783. The minimum atomic E-state index is 0.376. The van der Waals surface area contributed by atoms with Crippen LogP contribution in [0.3, 0.4) is 0 Å². The van der Waals surface area contributed by atoms with Crippen molar-refractivity contribution in [3.8, 4) is 23.0 Å². The smallest absolute Gasteiger partial charge is 0.277 e. The van der Waals surface area contributed by atoms with Gasteiger partial charge in [0.1, 0.15) is 5.69 Å². The summed E-state index contributed by atoms with van der Waals surface area (Å²) in [7, 11) is 0. The summed E-state index contributed by atoms with van der Waals surface area (Å²) in [4.78, 5) is 8.38. The molecule has 2 heterocycles. The Morgan fingerprint density at radius 1 is 1.17 bits per heavy atom. The van der Waals surface area contributed by atoms with Crippen molar-refractivity contribution < 1.29 is 4.52 Å². The van der Waals surface area contributed by atoms with Gasteiger partial charge < -0.3 is 10.3 Å². The molecule has 0 aliphatic carbocycles. The van der Waals surface area contributed by atoms with Crippen molar-refractivity contribution in [3.63, 3.8) is 0 Å². The molecule has 0 fully saturated rings. The van der Waals surface area contributed by atoms with Crippen LogP contribution >= 0.6 is 27.3 Å². The zero-order valence-corrected chi connectivity index (χ0v) is 11.4. The first-order valence-corrected chi connectivity index (χ1v) is 6.70. The molecule has 7 heteroatoms. The predicted octanol–water partition coefficient (Wildman–Crippen LogP) is 3.20. The predicted molar refractivity (Wildman–Crippen MR) is 73.0 cm³/mol. The number of benzene rings is 1. The van der Waals surface area contributed by atoms with Gasteiger partial charge >= 0.3 is 0 Å². The van der Waals surface area contributed by atoms with E-state index >= 15 is 0 Å². The van der Waals surface area contributed by atoms with E-state index in [0.29, 0.717) is 22.5 Å². The highest BCUT2D eigenvalue weighted by Gasteiger charge is 2.12. The Balaban J connectivity index is 1.96. The van der Waals surface area contributed by atoms with Gasteiger partial charge in [-0.15, -0.1) is 11.3 Å². The second-order valence-corrected chi connectivity index (χ2v) is 5.31. The van der Waals surface area contributed by atoms with Crippen LogP contribution in [-0.4, -0.2) is 15.1 Å². The lowest BCUT2D eigenvalue weighted by Gasteiger charge is -1.93. The Hall–Kier alpha value is -1.73. The molecule has 90 valence electrons. The molecule has 0 radical (unpaired) electrons.